The topological polar surface area (TPSA) is 321 Å². The van der Waals surface area contributed by atoms with Crippen LogP contribution in [0.25, 0.3) is 0 Å². The molecular weight excluding hydrogens is 832 g/mol. The molecule has 350 valence electrons. The van der Waals surface area contributed by atoms with Gasteiger partial charge in [0.25, 0.3) is 0 Å². The number of amides is 3. The Morgan fingerprint density at radius 2 is 1.68 bits per heavy atom. The lowest BCUT2D eigenvalue weighted by Gasteiger charge is -2.61. The van der Waals surface area contributed by atoms with Gasteiger partial charge >= 0.3 is 23.9 Å². The molecule has 7 rings (SSSR count). The SMILES string of the molecule is CC1O[C@H](COC(=O)C(CCC(=O)NCC(=O)NCC(=O)O[C@@H]2[C@@]3(C(C)C)C[C@H]3[C@@H]3O[C@@]34[C@@]3(C)CCC5=C(COC5=O)C3CO[C@]24C)NC(=O)C(N)CCC(=O)O)C(O)[C@H](O)C1O. The van der Waals surface area contributed by atoms with E-state index in [2.05, 4.69) is 36.7 Å². The third-order valence-electron chi connectivity index (χ3n) is 15.1. The minimum Gasteiger partial charge on any atom is -0.481 e. The van der Waals surface area contributed by atoms with Gasteiger partial charge in [0.2, 0.25) is 17.7 Å². The number of aliphatic hydroxyl groups is 3. The summed E-state index contributed by atoms with van der Waals surface area (Å²) in [7, 11) is 0. The molecule has 7 aliphatic rings. The third-order valence-corrected chi connectivity index (χ3v) is 15.1. The number of ether oxygens (including phenoxy) is 6. The predicted molar refractivity (Wildman–Crippen MR) is 211 cm³/mol. The van der Waals surface area contributed by atoms with Crippen molar-refractivity contribution in [2.75, 3.05) is 32.9 Å². The Morgan fingerprint density at radius 1 is 0.968 bits per heavy atom. The maximum absolute atomic E-state index is 13.6. The predicted octanol–water partition coefficient (Wildman–Crippen LogP) is -2.13. The number of esters is 3. The number of carbonyl (C=O) groups excluding carboxylic acids is 6. The molecule has 1 spiro atoms. The summed E-state index contributed by atoms with van der Waals surface area (Å²) in [4.78, 5) is 88.7. The Hall–Kier alpha value is -4.25. The summed E-state index contributed by atoms with van der Waals surface area (Å²) in [5.41, 5.74) is 4.87. The van der Waals surface area contributed by atoms with E-state index in [0.29, 0.717) is 19.4 Å². The summed E-state index contributed by atoms with van der Waals surface area (Å²) in [5.74, 6) is -5.45. The minimum absolute atomic E-state index is 0.0955. The van der Waals surface area contributed by atoms with Gasteiger partial charge in [-0.3, -0.25) is 24.0 Å². The van der Waals surface area contributed by atoms with Gasteiger partial charge in [-0.25, -0.2) is 9.59 Å². The van der Waals surface area contributed by atoms with Crippen LogP contribution in [0.2, 0.25) is 0 Å². The summed E-state index contributed by atoms with van der Waals surface area (Å²) in [6, 6.07) is -2.82. The lowest BCUT2D eigenvalue weighted by molar-refractivity contribution is -0.265. The van der Waals surface area contributed by atoms with Crippen molar-refractivity contribution < 1.29 is 82.4 Å². The van der Waals surface area contributed by atoms with E-state index in [9.17, 15) is 48.9 Å². The summed E-state index contributed by atoms with van der Waals surface area (Å²) in [6.45, 7) is 8.63. The fraction of sp³-hybridized carbons (Fsp3) is 0.786. The highest BCUT2D eigenvalue weighted by Gasteiger charge is 2.93. The first-order valence-corrected chi connectivity index (χ1v) is 21.7. The van der Waals surface area contributed by atoms with Crippen molar-refractivity contribution in [2.45, 2.75) is 146 Å². The number of aliphatic carboxylic acids is 1. The van der Waals surface area contributed by atoms with E-state index >= 15 is 0 Å². The molecule has 0 aromatic rings. The summed E-state index contributed by atoms with van der Waals surface area (Å²) < 4.78 is 36.0. The lowest BCUT2D eigenvalue weighted by atomic mass is 9.49. The number of carbonyl (C=O) groups is 7. The second-order valence-corrected chi connectivity index (χ2v) is 18.9. The molecule has 63 heavy (non-hydrogen) atoms. The maximum Gasteiger partial charge on any atom is 0.334 e. The summed E-state index contributed by atoms with van der Waals surface area (Å²) >= 11 is 0. The number of epoxide rings is 1. The molecule has 3 aliphatic carbocycles. The number of carboxylic acids is 1. The molecule has 0 aromatic carbocycles. The highest BCUT2D eigenvalue weighted by Crippen LogP contribution is 2.82. The second kappa shape index (κ2) is 17.3. The molecule has 21 nitrogen and oxygen atoms in total. The van der Waals surface area contributed by atoms with E-state index in [4.69, 9.17) is 39.3 Å². The molecule has 6 unspecified atom stereocenters. The van der Waals surface area contributed by atoms with Crippen LogP contribution in [-0.4, -0.2) is 161 Å². The van der Waals surface area contributed by atoms with Gasteiger partial charge in [0.05, 0.1) is 31.4 Å². The molecule has 0 bridgehead atoms. The molecular formula is C42H60N4O17. The van der Waals surface area contributed by atoms with Crippen molar-refractivity contribution in [1.29, 1.82) is 0 Å². The quantitative estimate of drug-likeness (QED) is 0.0439. The summed E-state index contributed by atoms with van der Waals surface area (Å²) in [5, 5.41) is 46.6. The van der Waals surface area contributed by atoms with Crippen molar-refractivity contribution >= 4 is 41.6 Å². The van der Waals surface area contributed by atoms with E-state index in [-0.39, 0.29) is 49.3 Å². The fourth-order valence-electron chi connectivity index (χ4n) is 11.4. The van der Waals surface area contributed by atoms with Gasteiger partial charge < -0.3 is 70.5 Å². The van der Waals surface area contributed by atoms with E-state index in [1.165, 1.54) is 6.92 Å². The van der Waals surface area contributed by atoms with E-state index in [0.717, 1.165) is 17.6 Å². The Labute approximate surface area is 363 Å². The van der Waals surface area contributed by atoms with Gasteiger partial charge in [0.15, 0.2) is 0 Å². The largest absolute Gasteiger partial charge is 0.481 e. The monoisotopic (exact) mass is 892 g/mol. The molecule has 21 heteroatoms. The normalized spacial score (nSPS) is 39.1. The number of aliphatic hydroxyl groups excluding tert-OH is 3. The van der Waals surface area contributed by atoms with Crippen LogP contribution in [0.3, 0.4) is 0 Å². The molecule has 9 N–H and O–H groups in total. The van der Waals surface area contributed by atoms with Crippen LogP contribution in [0.1, 0.15) is 79.6 Å². The third kappa shape index (κ3) is 8.00. The van der Waals surface area contributed by atoms with Crippen LogP contribution < -0.4 is 21.7 Å². The highest BCUT2D eigenvalue weighted by atomic mass is 16.7. The minimum atomic E-state index is -1.62. The molecule has 3 amide bonds. The average molecular weight is 893 g/mol. The number of cyclic esters (lactones) is 1. The standard InChI is InChI=1S/C42H60N4O17/c1-18(2)41-12-22(41)34-42(63-34)39(4)11-10-20-21(15-58-36(20)56)23(39)16-60-40(42,5)38(41)62-30(51)14-45-28(48)13-44-27(47)8-7-25(46-35(55)24(43)6-9-29(49)50)37(57)59-17-26-32(53)33(54)31(52)19(3)61-26/h18-19,22-26,31-34,38,52-54H,6-17,43H2,1-5H3,(H,44,47)(H,45,48)(H,46,55)(H,49,50)/t19?,22-,23?,24?,25?,26+,31?,32?,33+,34-,38-,39-,40+,41+,42+/m0/s1. The van der Waals surface area contributed by atoms with Crippen molar-refractivity contribution in [3.63, 3.8) is 0 Å². The van der Waals surface area contributed by atoms with Crippen LogP contribution in [0.15, 0.2) is 11.1 Å². The number of nitrogens with one attached hydrogen (secondary N) is 3. The zero-order valence-corrected chi connectivity index (χ0v) is 36.1. The Morgan fingerprint density at radius 3 is 2.38 bits per heavy atom. The first-order valence-electron chi connectivity index (χ1n) is 21.7. The molecule has 2 saturated carbocycles. The first kappa shape index (κ1) is 46.7. The van der Waals surface area contributed by atoms with Crippen LogP contribution in [0.4, 0.5) is 0 Å². The Kier molecular flexibility index (Phi) is 12.8. The van der Waals surface area contributed by atoms with E-state index in [1.54, 1.807) is 0 Å². The average Bonchev–Trinajstić information content (AvgIpc) is 4.15. The molecule has 4 aliphatic heterocycles. The number of carboxylic acid groups (broad SMARTS) is 1. The molecule has 0 aromatic heterocycles. The van der Waals surface area contributed by atoms with Crippen LogP contribution in [0, 0.1) is 28.6 Å². The zero-order valence-electron chi connectivity index (χ0n) is 36.1. The van der Waals surface area contributed by atoms with Crippen molar-refractivity contribution in [2.24, 2.45) is 34.3 Å². The summed E-state index contributed by atoms with van der Waals surface area (Å²) in [6.07, 6.45) is -7.01. The Balaban J connectivity index is 0.923. The van der Waals surface area contributed by atoms with E-state index in [1.807, 2.05) is 6.92 Å². The van der Waals surface area contributed by atoms with Gasteiger partial charge in [-0.05, 0) is 63.4 Å². The molecule has 5 fully saturated rings. The van der Waals surface area contributed by atoms with E-state index < -0.39 is 139 Å². The van der Waals surface area contributed by atoms with Gasteiger partial charge in [0.1, 0.15) is 67.5 Å². The van der Waals surface area contributed by atoms with Gasteiger partial charge in [-0.15, -0.1) is 0 Å². The van der Waals surface area contributed by atoms with Crippen molar-refractivity contribution in [3.8, 4) is 0 Å². The highest BCUT2D eigenvalue weighted by molar-refractivity contribution is 5.92. The fourth-order valence-corrected chi connectivity index (χ4v) is 11.4. The smallest absolute Gasteiger partial charge is 0.334 e. The lowest BCUT2D eigenvalue weighted by Crippen LogP contribution is -2.73. The van der Waals surface area contributed by atoms with Crippen LogP contribution in [-0.2, 0) is 62.0 Å². The Bertz CT molecular complexity index is 1930. The number of nitrogens with two attached hydrogens (primary N) is 1. The number of rotatable bonds is 17. The molecule has 0 radical (unpaired) electrons. The van der Waals surface area contributed by atoms with Gasteiger partial charge in [-0.1, -0.05) is 20.8 Å². The second-order valence-electron chi connectivity index (χ2n) is 18.9. The number of fused-ring (bicyclic) bond motifs is 4. The van der Waals surface area contributed by atoms with Gasteiger partial charge in [0, 0.05) is 35.2 Å². The van der Waals surface area contributed by atoms with Crippen LogP contribution in [0.5, 0.6) is 0 Å². The maximum atomic E-state index is 13.6. The molecule has 4 heterocycles. The molecule has 15 atom stereocenters. The van der Waals surface area contributed by atoms with Gasteiger partial charge in [-0.2, -0.15) is 0 Å². The molecule has 3 saturated heterocycles. The zero-order chi connectivity index (χ0) is 46.0. The number of hydrogen-bond acceptors (Lipinski definition) is 17. The van der Waals surface area contributed by atoms with Crippen molar-refractivity contribution in [1.82, 2.24) is 16.0 Å². The van der Waals surface area contributed by atoms with Crippen molar-refractivity contribution in [3.05, 3.63) is 11.1 Å². The number of hydrogen-bond donors (Lipinski definition) is 8. The first-order chi connectivity index (χ1) is 29.6. The van der Waals surface area contributed by atoms with Crippen LogP contribution >= 0.6 is 0 Å².